The average Bonchev–Trinajstić information content (AvgIpc) is 3.14. The molecule has 1 unspecified atom stereocenters. The van der Waals surface area contributed by atoms with Crippen LogP contribution in [0.25, 0.3) is 0 Å². The Morgan fingerprint density at radius 2 is 1.97 bits per heavy atom. The highest BCUT2D eigenvalue weighted by Gasteiger charge is 2.21. The van der Waals surface area contributed by atoms with E-state index in [1.54, 1.807) is 11.9 Å². The van der Waals surface area contributed by atoms with Crippen molar-refractivity contribution >= 4 is 36.0 Å². The summed E-state index contributed by atoms with van der Waals surface area (Å²) in [4.78, 5) is 18.2. The van der Waals surface area contributed by atoms with Crippen molar-refractivity contribution in [2.75, 3.05) is 59.7 Å². The molecule has 0 aromatic carbocycles. The fourth-order valence-corrected chi connectivity index (χ4v) is 2.77. The lowest BCUT2D eigenvalue weighted by molar-refractivity contribution is 0.0253. The first-order valence-electron chi connectivity index (χ1n) is 10.4. The molecule has 1 aliphatic heterocycles. The van der Waals surface area contributed by atoms with Gasteiger partial charge in [0.1, 0.15) is 5.60 Å². The highest BCUT2D eigenvalue weighted by atomic mass is 127. The van der Waals surface area contributed by atoms with Crippen LogP contribution in [0.15, 0.2) is 4.99 Å². The van der Waals surface area contributed by atoms with Crippen molar-refractivity contribution < 1.29 is 19.0 Å². The van der Waals surface area contributed by atoms with Gasteiger partial charge in [-0.3, -0.25) is 4.99 Å². The molecule has 172 valence electrons. The normalized spacial score (nSPS) is 16.9. The predicted octanol–water partition coefficient (Wildman–Crippen LogP) is 2.86. The van der Waals surface area contributed by atoms with E-state index in [9.17, 15) is 4.79 Å². The van der Waals surface area contributed by atoms with Crippen molar-refractivity contribution in [2.45, 2.75) is 52.6 Å². The summed E-state index contributed by atoms with van der Waals surface area (Å²) >= 11 is 0. The number of carbonyl (C=O) groups is 1. The summed E-state index contributed by atoms with van der Waals surface area (Å²) in [5, 5.41) is 6.51. The minimum atomic E-state index is -0.485. The number of ether oxygens (including phenoxy) is 3. The SMILES string of the molecule is CCCN(CCNC(=NC)NCCCOCC1CCOC1)C(=O)OC(C)(C)C.I. The minimum Gasteiger partial charge on any atom is -0.444 e. The first kappa shape index (κ1) is 28.2. The lowest BCUT2D eigenvalue weighted by Gasteiger charge is -2.27. The van der Waals surface area contributed by atoms with Crippen LogP contribution < -0.4 is 10.6 Å². The van der Waals surface area contributed by atoms with E-state index in [1.165, 1.54) is 0 Å². The van der Waals surface area contributed by atoms with Gasteiger partial charge in [-0.1, -0.05) is 6.92 Å². The number of aliphatic imine (C=N–C) groups is 1. The van der Waals surface area contributed by atoms with Gasteiger partial charge in [-0.25, -0.2) is 4.79 Å². The van der Waals surface area contributed by atoms with Gasteiger partial charge in [0.15, 0.2) is 5.96 Å². The lowest BCUT2D eigenvalue weighted by Crippen LogP contribution is -2.44. The van der Waals surface area contributed by atoms with E-state index in [0.29, 0.717) is 25.6 Å². The van der Waals surface area contributed by atoms with Crippen molar-refractivity contribution in [1.29, 1.82) is 0 Å². The number of halogens is 1. The van der Waals surface area contributed by atoms with Crippen LogP contribution in [0.3, 0.4) is 0 Å². The Bertz CT molecular complexity index is 466. The molecule has 29 heavy (non-hydrogen) atoms. The number of guanidine groups is 1. The van der Waals surface area contributed by atoms with Crippen molar-refractivity contribution in [1.82, 2.24) is 15.5 Å². The molecule has 0 bridgehead atoms. The van der Waals surface area contributed by atoms with E-state index >= 15 is 0 Å². The molecule has 8 nitrogen and oxygen atoms in total. The molecule has 0 saturated carbocycles. The molecule has 0 aromatic heterocycles. The van der Waals surface area contributed by atoms with E-state index in [-0.39, 0.29) is 30.1 Å². The monoisotopic (exact) mass is 528 g/mol. The number of amides is 1. The van der Waals surface area contributed by atoms with Crippen molar-refractivity contribution in [3.63, 3.8) is 0 Å². The van der Waals surface area contributed by atoms with Gasteiger partial charge >= 0.3 is 6.09 Å². The van der Waals surface area contributed by atoms with Gasteiger partial charge in [0.05, 0.1) is 13.2 Å². The van der Waals surface area contributed by atoms with Crippen LogP contribution in [0.5, 0.6) is 0 Å². The summed E-state index contributed by atoms with van der Waals surface area (Å²) in [6, 6.07) is 0. The highest BCUT2D eigenvalue weighted by Crippen LogP contribution is 2.12. The van der Waals surface area contributed by atoms with Gasteiger partial charge in [-0.05, 0) is 40.0 Å². The van der Waals surface area contributed by atoms with Gasteiger partial charge in [0.25, 0.3) is 0 Å². The fraction of sp³-hybridized carbons (Fsp3) is 0.900. The van der Waals surface area contributed by atoms with E-state index in [2.05, 4.69) is 15.6 Å². The Morgan fingerprint density at radius 1 is 1.24 bits per heavy atom. The van der Waals surface area contributed by atoms with Crippen LogP contribution in [0.1, 0.15) is 47.0 Å². The quantitative estimate of drug-likeness (QED) is 0.186. The van der Waals surface area contributed by atoms with Gasteiger partial charge < -0.3 is 29.7 Å². The molecule has 1 rings (SSSR count). The number of nitrogens with one attached hydrogen (secondary N) is 2. The van der Waals surface area contributed by atoms with E-state index < -0.39 is 5.60 Å². The van der Waals surface area contributed by atoms with Gasteiger partial charge in [-0.15, -0.1) is 24.0 Å². The second-order valence-electron chi connectivity index (χ2n) is 8.05. The van der Waals surface area contributed by atoms with Gasteiger partial charge in [0.2, 0.25) is 0 Å². The molecule has 0 aromatic rings. The lowest BCUT2D eigenvalue weighted by atomic mass is 10.1. The molecule has 0 spiro atoms. The molecular weight excluding hydrogens is 487 g/mol. The van der Waals surface area contributed by atoms with Crippen molar-refractivity contribution in [3.05, 3.63) is 0 Å². The molecular formula is C20H41IN4O4. The van der Waals surface area contributed by atoms with E-state index in [1.807, 2.05) is 27.7 Å². The van der Waals surface area contributed by atoms with E-state index in [0.717, 1.165) is 58.2 Å². The van der Waals surface area contributed by atoms with Crippen LogP contribution in [-0.4, -0.2) is 82.2 Å². The maximum Gasteiger partial charge on any atom is 0.410 e. The summed E-state index contributed by atoms with van der Waals surface area (Å²) in [5.41, 5.74) is -0.485. The smallest absolute Gasteiger partial charge is 0.410 e. The van der Waals surface area contributed by atoms with Crippen molar-refractivity contribution in [3.8, 4) is 0 Å². The Kier molecular flexibility index (Phi) is 15.5. The summed E-state index contributed by atoms with van der Waals surface area (Å²) < 4.78 is 16.5. The number of hydrogen-bond donors (Lipinski definition) is 2. The van der Waals surface area contributed by atoms with Crippen LogP contribution in [-0.2, 0) is 14.2 Å². The standard InChI is InChI=1S/C20H40N4O4.HI/c1-6-11-24(19(25)28-20(2,3)4)12-10-23-18(21-5)22-9-7-13-26-15-17-8-14-27-16-17;/h17H,6-16H2,1-5H3,(H2,21,22,23);1H. The number of carbonyl (C=O) groups excluding carboxylic acids is 1. The maximum absolute atomic E-state index is 12.3. The molecule has 1 atom stereocenters. The van der Waals surface area contributed by atoms with Crippen molar-refractivity contribution in [2.24, 2.45) is 10.9 Å². The molecule has 2 N–H and O–H groups in total. The predicted molar refractivity (Wildman–Crippen MR) is 127 cm³/mol. The Morgan fingerprint density at radius 3 is 2.55 bits per heavy atom. The maximum atomic E-state index is 12.3. The Labute approximate surface area is 193 Å². The first-order valence-corrected chi connectivity index (χ1v) is 10.4. The summed E-state index contributed by atoms with van der Waals surface area (Å²) in [6.07, 6.45) is 2.63. The summed E-state index contributed by atoms with van der Waals surface area (Å²) in [6.45, 7) is 13.5. The second-order valence-corrected chi connectivity index (χ2v) is 8.05. The topological polar surface area (TPSA) is 84.4 Å². The molecule has 9 heteroatoms. The second kappa shape index (κ2) is 16.0. The highest BCUT2D eigenvalue weighted by molar-refractivity contribution is 14.0. The number of nitrogens with zero attached hydrogens (tertiary/aromatic N) is 2. The third kappa shape index (κ3) is 13.9. The molecule has 1 heterocycles. The molecule has 0 aliphatic carbocycles. The van der Waals surface area contributed by atoms with Crippen LogP contribution >= 0.6 is 24.0 Å². The third-order valence-corrected chi connectivity index (χ3v) is 4.18. The molecule has 1 amide bonds. The number of hydrogen-bond acceptors (Lipinski definition) is 5. The van der Waals surface area contributed by atoms with E-state index in [4.69, 9.17) is 14.2 Å². The first-order chi connectivity index (χ1) is 13.4. The average molecular weight is 528 g/mol. The zero-order valence-electron chi connectivity index (χ0n) is 18.8. The zero-order valence-corrected chi connectivity index (χ0v) is 21.1. The molecule has 1 aliphatic rings. The largest absolute Gasteiger partial charge is 0.444 e. The van der Waals surface area contributed by atoms with Crippen LogP contribution in [0.4, 0.5) is 4.79 Å². The van der Waals surface area contributed by atoms with Gasteiger partial charge in [-0.2, -0.15) is 0 Å². The molecule has 1 saturated heterocycles. The van der Waals surface area contributed by atoms with Gasteiger partial charge in [0, 0.05) is 52.4 Å². The van der Waals surface area contributed by atoms with Crippen LogP contribution in [0, 0.1) is 5.92 Å². The zero-order chi connectivity index (χ0) is 20.8. The molecule has 1 fully saturated rings. The molecule has 0 radical (unpaired) electrons. The third-order valence-electron chi connectivity index (χ3n) is 4.18. The summed E-state index contributed by atoms with van der Waals surface area (Å²) in [5.74, 6) is 1.28. The fourth-order valence-electron chi connectivity index (χ4n) is 2.77. The number of rotatable bonds is 11. The minimum absolute atomic E-state index is 0. The Hall–Kier alpha value is -0.810. The summed E-state index contributed by atoms with van der Waals surface area (Å²) in [7, 11) is 1.74. The van der Waals surface area contributed by atoms with Crippen LogP contribution in [0.2, 0.25) is 0 Å². The Balaban J connectivity index is 0.00000784.